The third kappa shape index (κ3) is 2.04. The van der Waals surface area contributed by atoms with Crippen LogP contribution in [0.4, 0.5) is 5.82 Å². The Hall–Kier alpha value is -0.740. The predicted molar refractivity (Wildman–Crippen MR) is 79.0 cm³/mol. The molecule has 1 aliphatic rings. The van der Waals surface area contributed by atoms with Crippen LogP contribution in [0.25, 0.3) is 11.0 Å². The highest BCUT2D eigenvalue weighted by atomic mass is 79.9. The van der Waals surface area contributed by atoms with Crippen LogP contribution in [0.5, 0.6) is 0 Å². The fourth-order valence-corrected chi connectivity index (χ4v) is 3.55. The molecule has 1 aliphatic heterocycles. The maximum Gasteiger partial charge on any atom is 0.149 e. The van der Waals surface area contributed by atoms with Gasteiger partial charge in [-0.1, -0.05) is 0 Å². The van der Waals surface area contributed by atoms with E-state index in [1.807, 2.05) is 0 Å². The Morgan fingerprint density at radius 1 is 1.45 bits per heavy atom. The van der Waals surface area contributed by atoms with Gasteiger partial charge in [-0.25, -0.2) is 9.97 Å². The third-order valence-electron chi connectivity index (χ3n) is 3.37. The Bertz CT molecular complexity index is 663. The molecule has 7 nitrogen and oxygen atoms in total. The van der Waals surface area contributed by atoms with Crippen LogP contribution < -0.4 is 5.73 Å². The molecule has 9 heteroatoms. The van der Waals surface area contributed by atoms with Crippen LogP contribution in [0.1, 0.15) is 12.6 Å². The van der Waals surface area contributed by atoms with Gasteiger partial charge in [0.15, 0.2) is 0 Å². The van der Waals surface area contributed by atoms with Crippen molar-refractivity contribution >= 4 is 48.7 Å². The van der Waals surface area contributed by atoms with Crippen molar-refractivity contribution < 1.29 is 14.9 Å². The first-order valence-electron chi connectivity index (χ1n) is 5.94. The number of nitrogen functional groups attached to an aromatic ring is 1. The van der Waals surface area contributed by atoms with Crippen LogP contribution in [-0.2, 0) is 4.74 Å². The number of aliphatic hydroxyl groups is 2. The van der Waals surface area contributed by atoms with Gasteiger partial charge in [0, 0.05) is 6.42 Å². The average molecular weight is 408 g/mol. The standard InChI is InChI=1S/C11H12Br2N4O3/c12-8-7-10(14)15-3-16-11(7)17(9(8)13)6-1-4(19)5(2-18)20-6/h3-6,18-19H,1-2H2,(H2,14,15,16)/t4-,5+,6+/m0/s1. The van der Waals surface area contributed by atoms with Crippen LogP contribution in [0, 0.1) is 0 Å². The fourth-order valence-electron chi connectivity index (χ4n) is 2.38. The molecule has 1 fully saturated rings. The zero-order valence-electron chi connectivity index (χ0n) is 10.2. The summed E-state index contributed by atoms with van der Waals surface area (Å²) in [6.45, 7) is -0.229. The quantitative estimate of drug-likeness (QED) is 0.690. The van der Waals surface area contributed by atoms with E-state index in [4.69, 9.17) is 10.5 Å². The largest absolute Gasteiger partial charge is 0.394 e. The summed E-state index contributed by atoms with van der Waals surface area (Å²) in [6, 6.07) is 0. The molecule has 0 amide bonds. The van der Waals surface area contributed by atoms with E-state index < -0.39 is 18.4 Å². The second-order valence-corrected chi connectivity index (χ2v) is 6.09. The highest BCUT2D eigenvalue weighted by Gasteiger charge is 2.36. The molecular weight excluding hydrogens is 396 g/mol. The monoisotopic (exact) mass is 406 g/mol. The number of hydrogen-bond donors (Lipinski definition) is 3. The van der Waals surface area contributed by atoms with E-state index in [1.165, 1.54) is 6.33 Å². The number of fused-ring (bicyclic) bond motifs is 1. The summed E-state index contributed by atoms with van der Waals surface area (Å²) >= 11 is 6.92. The molecule has 2 aromatic rings. The first-order chi connectivity index (χ1) is 9.54. The number of aliphatic hydroxyl groups excluding tert-OH is 2. The van der Waals surface area contributed by atoms with Gasteiger partial charge in [0.1, 0.15) is 34.7 Å². The molecule has 3 atom stereocenters. The lowest BCUT2D eigenvalue weighted by Gasteiger charge is -2.15. The Morgan fingerprint density at radius 3 is 2.85 bits per heavy atom. The van der Waals surface area contributed by atoms with Crippen LogP contribution in [0.15, 0.2) is 15.4 Å². The number of aromatic nitrogens is 3. The molecule has 0 saturated carbocycles. The maximum absolute atomic E-state index is 9.86. The smallest absolute Gasteiger partial charge is 0.149 e. The fraction of sp³-hybridized carbons (Fsp3) is 0.455. The molecular formula is C11H12Br2N4O3. The molecule has 0 spiro atoms. The number of rotatable bonds is 2. The van der Waals surface area contributed by atoms with Gasteiger partial charge in [-0.2, -0.15) is 0 Å². The first-order valence-corrected chi connectivity index (χ1v) is 7.53. The van der Waals surface area contributed by atoms with Crippen molar-refractivity contribution in [1.82, 2.24) is 14.5 Å². The zero-order chi connectivity index (χ0) is 14.4. The Balaban J connectivity index is 2.13. The maximum atomic E-state index is 9.86. The molecule has 0 radical (unpaired) electrons. The van der Waals surface area contributed by atoms with Gasteiger partial charge >= 0.3 is 0 Å². The second kappa shape index (κ2) is 5.23. The number of ether oxygens (including phenoxy) is 1. The van der Waals surface area contributed by atoms with E-state index >= 15 is 0 Å². The second-order valence-electron chi connectivity index (χ2n) is 4.55. The summed E-state index contributed by atoms with van der Waals surface area (Å²) in [4.78, 5) is 8.20. The van der Waals surface area contributed by atoms with Gasteiger partial charge in [-0.05, 0) is 31.9 Å². The first kappa shape index (κ1) is 14.2. The van der Waals surface area contributed by atoms with Crippen molar-refractivity contribution in [1.29, 1.82) is 0 Å². The molecule has 108 valence electrons. The molecule has 1 saturated heterocycles. The molecule has 3 heterocycles. The molecule has 2 aromatic heterocycles. The normalized spacial score (nSPS) is 26.5. The lowest BCUT2D eigenvalue weighted by atomic mass is 10.2. The average Bonchev–Trinajstić information content (AvgIpc) is 2.90. The van der Waals surface area contributed by atoms with E-state index in [-0.39, 0.29) is 6.61 Å². The molecule has 0 unspecified atom stereocenters. The summed E-state index contributed by atoms with van der Waals surface area (Å²) < 4.78 is 8.89. The number of anilines is 1. The Kier molecular flexibility index (Phi) is 3.71. The predicted octanol–water partition coefficient (Wildman–Crippen LogP) is 1.18. The van der Waals surface area contributed by atoms with Crippen LogP contribution in [0.3, 0.4) is 0 Å². The Morgan fingerprint density at radius 2 is 2.20 bits per heavy atom. The Labute approximate surface area is 131 Å². The molecule has 0 aromatic carbocycles. The van der Waals surface area contributed by atoms with Crippen molar-refractivity contribution in [3.63, 3.8) is 0 Å². The number of nitrogens with zero attached hydrogens (tertiary/aromatic N) is 3. The van der Waals surface area contributed by atoms with Crippen molar-refractivity contribution in [3.8, 4) is 0 Å². The molecule has 0 bridgehead atoms. The number of nitrogens with two attached hydrogens (primary N) is 1. The van der Waals surface area contributed by atoms with Crippen LogP contribution in [-0.4, -0.2) is 43.6 Å². The number of hydrogen-bond acceptors (Lipinski definition) is 6. The van der Waals surface area contributed by atoms with Crippen molar-refractivity contribution in [2.24, 2.45) is 0 Å². The summed E-state index contributed by atoms with van der Waals surface area (Å²) in [7, 11) is 0. The summed E-state index contributed by atoms with van der Waals surface area (Å²) in [6.07, 6.45) is 0.000531. The van der Waals surface area contributed by atoms with E-state index in [1.54, 1.807) is 4.57 Å². The summed E-state index contributed by atoms with van der Waals surface area (Å²) in [5, 5.41) is 19.7. The van der Waals surface area contributed by atoms with Crippen molar-refractivity contribution in [2.45, 2.75) is 24.9 Å². The van der Waals surface area contributed by atoms with Crippen molar-refractivity contribution in [3.05, 3.63) is 15.4 Å². The lowest BCUT2D eigenvalue weighted by Crippen LogP contribution is -2.24. The highest BCUT2D eigenvalue weighted by molar-refractivity contribution is 9.13. The van der Waals surface area contributed by atoms with Crippen LogP contribution >= 0.6 is 31.9 Å². The zero-order valence-corrected chi connectivity index (χ0v) is 13.4. The van der Waals surface area contributed by atoms with Gasteiger partial charge in [-0.3, -0.25) is 4.57 Å². The van der Waals surface area contributed by atoms with Crippen LogP contribution in [0.2, 0.25) is 0 Å². The van der Waals surface area contributed by atoms with Gasteiger partial charge in [0.2, 0.25) is 0 Å². The van der Waals surface area contributed by atoms with E-state index in [2.05, 4.69) is 41.8 Å². The van der Waals surface area contributed by atoms with Gasteiger partial charge < -0.3 is 20.7 Å². The number of halogens is 2. The topological polar surface area (TPSA) is 106 Å². The molecule has 3 rings (SSSR count). The summed E-state index contributed by atoms with van der Waals surface area (Å²) in [5.41, 5.74) is 6.48. The van der Waals surface area contributed by atoms with Crippen molar-refractivity contribution in [2.75, 3.05) is 12.3 Å². The minimum atomic E-state index is -0.715. The SMILES string of the molecule is Nc1ncnc2c1c(Br)c(Br)n2[C@H]1C[C@H](O)[C@@H](CO)O1. The summed E-state index contributed by atoms with van der Waals surface area (Å²) in [5.74, 6) is 0.360. The lowest BCUT2D eigenvalue weighted by molar-refractivity contribution is -0.0437. The van der Waals surface area contributed by atoms with E-state index in [9.17, 15) is 10.2 Å². The molecule has 0 aliphatic carbocycles. The highest BCUT2D eigenvalue weighted by Crippen LogP contribution is 2.41. The molecule has 4 N–H and O–H groups in total. The van der Waals surface area contributed by atoms with Gasteiger partial charge in [0.25, 0.3) is 0 Å². The van der Waals surface area contributed by atoms with Gasteiger partial charge in [-0.15, -0.1) is 0 Å². The van der Waals surface area contributed by atoms with E-state index in [0.717, 1.165) is 4.47 Å². The molecule has 20 heavy (non-hydrogen) atoms. The third-order valence-corrected chi connectivity index (χ3v) is 5.45. The van der Waals surface area contributed by atoms with E-state index in [0.29, 0.717) is 27.9 Å². The minimum absolute atomic E-state index is 0.229. The van der Waals surface area contributed by atoms with Gasteiger partial charge in [0.05, 0.1) is 22.6 Å². The minimum Gasteiger partial charge on any atom is -0.394 e.